The number of amides is 1. The van der Waals surface area contributed by atoms with Gasteiger partial charge in [0.25, 0.3) is 5.91 Å². The number of rotatable bonds is 4. The van der Waals surface area contributed by atoms with Gasteiger partial charge in [-0.1, -0.05) is 25.1 Å². The fourth-order valence-corrected chi connectivity index (χ4v) is 3.00. The lowest BCUT2D eigenvalue weighted by Gasteiger charge is -2.36. The molecule has 0 aliphatic carbocycles. The zero-order chi connectivity index (χ0) is 16.2. The summed E-state index contributed by atoms with van der Waals surface area (Å²) in [7, 11) is 1.65. The normalized spacial score (nSPS) is 18.0. The molecule has 1 saturated heterocycles. The van der Waals surface area contributed by atoms with Gasteiger partial charge < -0.3 is 19.4 Å². The number of oxazole rings is 1. The second-order valence-electron chi connectivity index (χ2n) is 5.44. The van der Waals surface area contributed by atoms with Gasteiger partial charge in [0.1, 0.15) is 11.5 Å². The average Bonchev–Trinajstić information content (AvgIpc) is 3.09. The first-order chi connectivity index (χ1) is 11.3. The van der Waals surface area contributed by atoms with Crippen LogP contribution in [-0.4, -0.2) is 42.5 Å². The van der Waals surface area contributed by atoms with Gasteiger partial charge in [-0.3, -0.25) is 4.79 Å². The van der Waals surface area contributed by atoms with E-state index in [1.807, 2.05) is 36.1 Å². The first-order valence-corrected chi connectivity index (χ1v) is 7.83. The number of aryl methyl sites for hydroxylation is 1. The summed E-state index contributed by atoms with van der Waals surface area (Å²) in [6.45, 7) is 4.02. The van der Waals surface area contributed by atoms with Crippen LogP contribution in [-0.2, 0) is 6.42 Å². The Balaban J connectivity index is 1.94. The fourth-order valence-electron chi connectivity index (χ4n) is 3.00. The summed E-state index contributed by atoms with van der Waals surface area (Å²) in [5, 5.41) is 3.35. The molecule has 3 rings (SSSR count). The number of carbonyl (C=O) groups excluding carboxylic acids is 1. The van der Waals surface area contributed by atoms with Gasteiger partial charge in [0, 0.05) is 31.6 Å². The van der Waals surface area contributed by atoms with Crippen molar-refractivity contribution in [2.24, 2.45) is 0 Å². The first-order valence-electron chi connectivity index (χ1n) is 7.83. The van der Waals surface area contributed by atoms with Crippen molar-refractivity contribution in [1.29, 1.82) is 0 Å². The van der Waals surface area contributed by atoms with Gasteiger partial charge in [-0.05, 0) is 6.07 Å². The van der Waals surface area contributed by atoms with E-state index in [0.29, 0.717) is 31.0 Å². The molecule has 122 valence electrons. The van der Waals surface area contributed by atoms with Gasteiger partial charge in [-0.2, -0.15) is 0 Å². The van der Waals surface area contributed by atoms with Crippen LogP contribution in [0, 0.1) is 0 Å². The Morgan fingerprint density at radius 2 is 2.30 bits per heavy atom. The lowest BCUT2D eigenvalue weighted by atomic mass is 10.0. The highest BCUT2D eigenvalue weighted by Crippen LogP contribution is 2.31. The van der Waals surface area contributed by atoms with Crippen LogP contribution in [0.15, 0.2) is 35.1 Å². The summed E-state index contributed by atoms with van der Waals surface area (Å²) in [5.41, 5.74) is 1.41. The van der Waals surface area contributed by atoms with Crippen molar-refractivity contribution in [3.8, 4) is 5.75 Å². The van der Waals surface area contributed by atoms with E-state index in [4.69, 9.17) is 9.15 Å². The molecular weight excluding hydrogens is 294 g/mol. The molecule has 6 nitrogen and oxygen atoms in total. The van der Waals surface area contributed by atoms with E-state index in [0.717, 1.165) is 17.9 Å². The van der Waals surface area contributed by atoms with Crippen molar-refractivity contribution in [1.82, 2.24) is 15.2 Å². The number of para-hydroxylation sites is 1. The third-order valence-corrected chi connectivity index (χ3v) is 4.17. The number of nitrogens with one attached hydrogen (secondary N) is 1. The Hall–Kier alpha value is -2.34. The van der Waals surface area contributed by atoms with Crippen LogP contribution < -0.4 is 10.1 Å². The standard InChI is InChI=1S/C17H21N3O3/c1-3-14-16(19-11-23-14)17(21)20-9-8-18-10-13(20)12-6-4-5-7-15(12)22-2/h4-7,11,13,18H,3,8-10H2,1-2H3. The number of hydrogen-bond acceptors (Lipinski definition) is 5. The van der Waals surface area contributed by atoms with E-state index in [1.165, 1.54) is 6.39 Å². The molecule has 6 heteroatoms. The summed E-state index contributed by atoms with van der Waals surface area (Å²) in [4.78, 5) is 18.9. The maximum Gasteiger partial charge on any atom is 0.276 e. The number of benzene rings is 1. The molecule has 1 N–H and O–H groups in total. The quantitative estimate of drug-likeness (QED) is 0.935. The van der Waals surface area contributed by atoms with E-state index >= 15 is 0 Å². The molecule has 1 amide bonds. The molecule has 0 saturated carbocycles. The van der Waals surface area contributed by atoms with Gasteiger partial charge in [0.15, 0.2) is 12.1 Å². The van der Waals surface area contributed by atoms with Crippen molar-refractivity contribution >= 4 is 5.91 Å². The SMILES string of the molecule is CCc1ocnc1C(=O)N1CCNCC1c1ccccc1OC. The second kappa shape index (κ2) is 6.83. The topological polar surface area (TPSA) is 67.6 Å². The lowest BCUT2D eigenvalue weighted by Crippen LogP contribution is -2.49. The zero-order valence-electron chi connectivity index (χ0n) is 13.4. The molecule has 1 aromatic heterocycles. The van der Waals surface area contributed by atoms with E-state index < -0.39 is 0 Å². The Bertz CT molecular complexity index is 683. The maximum absolute atomic E-state index is 13.0. The summed E-state index contributed by atoms with van der Waals surface area (Å²) in [6, 6.07) is 7.72. The molecule has 0 bridgehead atoms. The van der Waals surface area contributed by atoms with Crippen molar-refractivity contribution in [2.75, 3.05) is 26.7 Å². The Kier molecular flexibility index (Phi) is 4.62. The van der Waals surface area contributed by atoms with Crippen molar-refractivity contribution in [3.63, 3.8) is 0 Å². The summed E-state index contributed by atoms with van der Waals surface area (Å²) >= 11 is 0. The molecule has 1 aliphatic rings. The molecule has 1 atom stereocenters. The van der Waals surface area contributed by atoms with Gasteiger partial charge in [0.05, 0.1) is 13.2 Å². The van der Waals surface area contributed by atoms with Crippen molar-refractivity contribution < 1.29 is 13.9 Å². The van der Waals surface area contributed by atoms with Gasteiger partial charge >= 0.3 is 0 Å². The molecule has 23 heavy (non-hydrogen) atoms. The Labute approximate surface area is 135 Å². The minimum absolute atomic E-state index is 0.0891. The number of ether oxygens (including phenoxy) is 1. The van der Waals surface area contributed by atoms with Crippen LogP contribution in [0.25, 0.3) is 0 Å². The average molecular weight is 315 g/mol. The third-order valence-electron chi connectivity index (χ3n) is 4.17. The Morgan fingerprint density at radius 1 is 1.48 bits per heavy atom. The smallest absolute Gasteiger partial charge is 0.276 e. The maximum atomic E-state index is 13.0. The van der Waals surface area contributed by atoms with Gasteiger partial charge in [0.2, 0.25) is 0 Å². The molecule has 2 aromatic rings. The fraction of sp³-hybridized carbons (Fsp3) is 0.412. The molecular formula is C17H21N3O3. The number of piperazine rings is 1. The van der Waals surface area contributed by atoms with Crippen LogP contribution in [0.1, 0.15) is 34.8 Å². The highest BCUT2D eigenvalue weighted by atomic mass is 16.5. The van der Waals surface area contributed by atoms with Crippen LogP contribution in [0.4, 0.5) is 0 Å². The second-order valence-corrected chi connectivity index (χ2v) is 5.44. The molecule has 1 aromatic carbocycles. The van der Waals surface area contributed by atoms with Gasteiger partial charge in [-0.15, -0.1) is 0 Å². The van der Waals surface area contributed by atoms with Crippen LogP contribution in [0.5, 0.6) is 5.75 Å². The number of aromatic nitrogens is 1. The van der Waals surface area contributed by atoms with E-state index in [1.54, 1.807) is 7.11 Å². The van der Waals surface area contributed by atoms with Crippen LogP contribution >= 0.6 is 0 Å². The number of carbonyl (C=O) groups is 1. The third kappa shape index (κ3) is 2.94. The van der Waals surface area contributed by atoms with E-state index in [9.17, 15) is 4.79 Å². The summed E-state index contributed by atoms with van der Waals surface area (Å²) in [5.74, 6) is 1.33. The monoisotopic (exact) mass is 315 g/mol. The van der Waals surface area contributed by atoms with Gasteiger partial charge in [-0.25, -0.2) is 4.98 Å². The largest absolute Gasteiger partial charge is 0.496 e. The zero-order valence-corrected chi connectivity index (χ0v) is 13.4. The molecule has 1 fully saturated rings. The number of nitrogens with zero attached hydrogens (tertiary/aromatic N) is 2. The molecule has 2 heterocycles. The Morgan fingerprint density at radius 3 is 3.09 bits per heavy atom. The highest BCUT2D eigenvalue weighted by Gasteiger charge is 2.32. The number of methoxy groups -OCH3 is 1. The van der Waals surface area contributed by atoms with Crippen molar-refractivity contribution in [3.05, 3.63) is 47.7 Å². The highest BCUT2D eigenvalue weighted by molar-refractivity contribution is 5.93. The minimum atomic E-state index is -0.0898. The molecule has 0 spiro atoms. The predicted octanol–water partition coefficient (Wildman–Crippen LogP) is 2.03. The number of hydrogen-bond donors (Lipinski definition) is 1. The van der Waals surface area contributed by atoms with Crippen molar-refractivity contribution in [2.45, 2.75) is 19.4 Å². The first kappa shape index (κ1) is 15.6. The summed E-state index contributed by atoms with van der Waals surface area (Å²) in [6.07, 6.45) is 1.98. The van der Waals surface area contributed by atoms with Crippen LogP contribution in [0.3, 0.4) is 0 Å². The summed E-state index contributed by atoms with van der Waals surface area (Å²) < 4.78 is 10.8. The van der Waals surface area contributed by atoms with Crippen LogP contribution in [0.2, 0.25) is 0 Å². The lowest BCUT2D eigenvalue weighted by molar-refractivity contribution is 0.0624. The van der Waals surface area contributed by atoms with E-state index in [-0.39, 0.29) is 11.9 Å². The molecule has 1 unspecified atom stereocenters. The minimum Gasteiger partial charge on any atom is -0.496 e. The molecule has 0 radical (unpaired) electrons. The molecule has 1 aliphatic heterocycles. The predicted molar refractivity (Wildman–Crippen MR) is 85.5 cm³/mol. The van der Waals surface area contributed by atoms with E-state index in [2.05, 4.69) is 10.3 Å².